The minimum absolute atomic E-state index is 0.000330. The molecule has 0 saturated carbocycles. The molecule has 0 bridgehead atoms. The fourth-order valence-electron chi connectivity index (χ4n) is 3.32. The molecule has 3 aromatic rings. The van der Waals surface area contributed by atoms with Gasteiger partial charge in [-0.15, -0.1) is 0 Å². The number of nitrogens with one attached hydrogen (secondary N) is 1. The molecule has 1 fully saturated rings. The zero-order valence-corrected chi connectivity index (χ0v) is 17.4. The summed E-state index contributed by atoms with van der Waals surface area (Å²) in [6.45, 7) is 0.560. The third-order valence-corrected chi connectivity index (χ3v) is 4.90. The van der Waals surface area contributed by atoms with Crippen LogP contribution in [0.2, 0.25) is 0 Å². The van der Waals surface area contributed by atoms with Crippen molar-refractivity contribution in [2.45, 2.75) is 18.5 Å². The Kier molecular flexibility index (Phi) is 5.98. The van der Waals surface area contributed by atoms with Crippen molar-refractivity contribution >= 4 is 11.6 Å². The average Bonchev–Trinajstić information content (AvgIpc) is 3.08. The molecule has 0 radical (unpaired) electrons. The largest absolute Gasteiger partial charge is 0.485 e. The fraction of sp³-hybridized carbons (Fsp3) is 0.286. The lowest BCUT2D eigenvalue weighted by Crippen LogP contribution is -2.38. The quantitative estimate of drug-likeness (QED) is 0.536. The van der Waals surface area contributed by atoms with E-state index in [1.54, 1.807) is 6.07 Å². The van der Waals surface area contributed by atoms with Gasteiger partial charge in [0.05, 0.1) is 13.2 Å². The number of halogens is 6. The predicted octanol–water partition coefficient (Wildman–Crippen LogP) is 4.55. The lowest BCUT2D eigenvalue weighted by Gasteiger charge is -2.27. The average molecular weight is 486 g/mol. The maximum Gasteiger partial charge on any atom is 0.433 e. The Bertz CT molecular complexity index is 1220. The number of amides is 1. The molecular formula is C21H16F6N4O3. The van der Waals surface area contributed by atoms with Gasteiger partial charge in [0.2, 0.25) is 0 Å². The van der Waals surface area contributed by atoms with Crippen LogP contribution in [0.25, 0.3) is 11.3 Å². The van der Waals surface area contributed by atoms with Gasteiger partial charge in [0.1, 0.15) is 34.5 Å². The minimum atomic E-state index is -5.02. The molecule has 7 nitrogen and oxygen atoms in total. The van der Waals surface area contributed by atoms with Crippen LogP contribution in [-0.2, 0) is 24.1 Å². The second-order valence-electron chi connectivity index (χ2n) is 7.35. The molecule has 180 valence electrons. The van der Waals surface area contributed by atoms with Crippen LogP contribution in [0.3, 0.4) is 0 Å². The summed E-state index contributed by atoms with van der Waals surface area (Å²) in [6.07, 6.45) is -9.36. The topological polar surface area (TPSA) is 78.3 Å². The van der Waals surface area contributed by atoms with E-state index in [-0.39, 0.29) is 36.3 Å². The number of ether oxygens (including phenoxy) is 2. The molecule has 0 aliphatic carbocycles. The number of pyridine rings is 1. The standard InChI is InChI=1S/C21H16F6N4O3/c1-31-18(19(32)29-11-6-7-28-15(8-11)20(22,23)24)16(21(25,26)27)17(30-31)13-4-2-3-5-14(13)34-12-9-33-10-12/h2-8,12H,9-10H2,1H3,(H,28,29,32). The SMILES string of the molecule is Cn1nc(-c2ccccc2OC2COC2)c(C(F)(F)F)c1C(=O)Nc1ccnc(C(F)(F)F)c1. The first-order valence-corrected chi connectivity index (χ1v) is 9.77. The molecule has 2 aromatic heterocycles. The molecule has 1 N–H and O–H groups in total. The van der Waals surface area contributed by atoms with Gasteiger partial charge in [0, 0.05) is 24.5 Å². The Balaban J connectivity index is 1.75. The summed E-state index contributed by atoms with van der Waals surface area (Å²) in [7, 11) is 1.13. The third kappa shape index (κ3) is 4.69. The first-order chi connectivity index (χ1) is 15.9. The van der Waals surface area contributed by atoms with E-state index >= 15 is 0 Å². The van der Waals surface area contributed by atoms with E-state index in [0.29, 0.717) is 6.07 Å². The van der Waals surface area contributed by atoms with E-state index in [4.69, 9.17) is 9.47 Å². The molecule has 0 spiro atoms. The number of alkyl halides is 6. The molecule has 1 amide bonds. The number of hydrogen-bond acceptors (Lipinski definition) is 5. The Hall–Kier alpha value is -3.61. The van der Waals surface area contributed by atoms with Crippen LogP contribution in [0, 0.1) is 0 Å². The van der Waals surface area contributed by atoms with Crippen LogP contribution in [0.15, 0.2) is 42.6 Å². The van der Waals surface area contributed by atoms with Crippen LogP contribution < -0.4 is 10.1 Å². The van der Waals surface area contributed by atoms with Crippen LogP contribution >= 0.6 is 0 Å². The number of anilines is 1. The summed E-state index contributed by atoms with van der Waals surface area (Å²) in [5.74, 6) is -1.17. The molecule has 1 aliphatic rings. The van der Waals surface area contributed by atoms with Crippen LogP contribution in [0.1, 0.15) is 21.7 Å². The molecular weight excluding hydrogens is 470 g/mol. The number of carbonyl (C=O) groups is 1. The van der Waals surface area contributed by atoms with Crippen molar-refractivity contribution in [2.24, 2.45) is 7.05 Å². The van der Waals surface area contributed by atoms with Crippen molar-refractivity contribution in [3.63, 3.8) is 0 Å². The smallest absolute Gasteiger partial charge is 0.433 e. The van der Waals surface area contributed by atoms with Crippen molar-refractivity contribution in [1.82, 2.24) is 14.8 Å². The summed E-state index contributed by atoms with van der Waals surface area (Å²) in [6, 6.07) is 7.45. The van der Waals surface area contributed by atoms with Gasteiger partial charge >= 0.3 is 12.4 Å². The fourth-order valence-corrected chi connectivity index (χ4v) is 3.32. The van der Waals surface area contributed by atoms with Gasteiger partial charge in [-0.2, -0.15) is 31.4 Å². The molecule has 1 saturated heterocycles. The summed E-state index contributed by atoms with van der Waals surface area (Å²) in [5, 5.41) is 5.98. The number of para-hydroxylation sites is 1. The zero-order chi connectivity index (χ0) is 24.7. The van der Waals surface area contributed by atoms with E-state index in [9.17, 15) is 31.1 Å². The Labute approximate surface area is 188 Å². The number of aryl methyl sites for hydroxylation is 1. The van der Waals surface area contributed by atoms with Gasteiger partial charge in [-0.3, -0.25) is 14.5 Å². The lowest BCUT2D eigenvalue weighted by atomic mass is 10.0. The molecule has 1 aliphatic heterocycles. The molecule has 3 heterocycles. The normalized spacial score (nSPS) is 14.6. The summed E-state index contributed by atoms with van der Waals surface area (Å²) in [4.78, 5) is 16.0. The highest BCUT2D eigenvalue weighted by atomic mass is 19.4. The number of hydrogen-bond donors (Lipinski definition) is 1. The molecule has 4 rings (SSSR count). The Morgan fingerprint density at radius 2 is 1.82 bits per heavy atom. The maximum atomic E-state index is 14.1. The highest BCUT2D eigenvalue weighted by molar-refractivity contribution is 6.05. The minimum Gasteiger partial charge on any atom is -0.485 e. The molecule has 0 unspecified atom stereocenters. The van der Waals surface area contributed by atoms with E-state index in [1.807, 2.05) is 0 Å². The molecule has 34 heavy (non-hydrogen) atoms. The number of benzene rings is 1. The van der Waals surface area contributed by atoms with Gasteiger partial charge in [0.25, 0.3) is 5.91 Å². The van der Waals surface area contributed by atoms with E-state index in [2.05, 4.69) is 15.4 Å². The number of aromatic nitrogens is 3. The highest BCUT2D eigenvalue weighted by Crippen LogP contribution is 2.42. The van der Waals surface area contributed by atoms with E-state index in [0.717, 1.165) is 24.0 Å². The molecule has 0 atom stereocenters. The second kappa shape index (κ2) is 8.63. The predicted molar refractivity (Wildman–Crippen MR) is 106 cm³/mol. The summed E-state index contributed by atoms with van der Waals surface area (Å²) in [5.41, 5.74) is -4.47. The monoisotopic (exact) mass is 486 g/mol. The second-order valence-corrected chi connectivity index (χ2v) is 7.35. The first-order valence-electron chi connectivity index (χ1n) is 9.77. The van der Waals surface area contributed by atoms with Crippen molar-refractivity contribution < 1.29 is 40.6 Å². The van der Waals surface area contributed by atoms with Crippen molar-refractivity contribution in [2.75, 3.05) is 18.5 Å². The number of carbonyl (C=O) groups excluding carboxylic acids is 1. The van der Waals surface area contributed by atoms with Crippen molar-refractivity contribution in [3.8, 4) is 17.0 Å². The maximum absolute atomic E-state index is 14.1. The van der Waals surface area contributed by atoms with Crippen LogP contribution in [0.5, 0.6) is 5.75 Å². The van der Waals surface area contributed by atoms with Crippen molar-refractivity contribution in [1.29, 1.82) is 0 Å². The van der Waals surface area contributed by atoms with Crippen LogP contribution in [-0.4, -0.2) is 40.0 Å². The van der Waals surface area contributed by atoms with Crippen molar-refractivity contribution in [3.05, 3.63) is 59.5 Å². The van der Waals surface area contributed by atoms with E-state index < -0.39 is 40.9 Å². The Morgan fingerprint density at radius 1 is 1.12 bits per heavy atom. The summed E-state index contributed by atoms with van der Waals surface area (Å²) >= 11 is 0. The van der Waals surface area contributed by atoms with Crippen LogP contribution in [0.4, 0.5) is 32.0 Å². The lowest BCUT2D eigenvalue weighted by molar-refractivity contribution is -0.141. The zero-order valence-electron chi connectivity index (χ0n) is 17.4. The number of rotatable bonds is 5. The molecule has 13 heteroatoms. The third-order valence-electron chi connectivity index (χ3n) is 4.90. The van der Waals surface area contributed by atoms with Gasteiger partial charge in [-0.1, -0.05) is 12.1 Å². The van der Waals surface area contributed by atoms with Gasteiger partial charge in [0.15, 0.2) is 0 Å². The number of nitrogens with zero attached hydrogens (tertiary/aromatic N) is 3. The molecule has 1 aromatic carbocycles. The van der Waals surface area contributed by atoms with Gasteiger partial charge in [-0.25, -0.2) is 0 Å². The first kappa shape index (κ1) is 23.5. The highest BCUT2D eigenvalue weighted by Gasteiger charge is 2.43. The van der Waals surface area contributed by atoms with Gasteiger partial charge < -0.3 is 14.8 Å². The summed E-state index contributed by atoms with van der Waals surface area (Å²) < 4.78 is 92.6. The van der Waals surface area contributed by atoms with Gasteiger partial charge in [-0.05, 0) is 24.3 Å². The van der Waals surface area contributed by atoms with E-state index in [1.165, 1.54) is 18.2 Å². The Morgan fingerprint density at radius 3 is 2.44 bits per heavy atom.